The molecule has 184 valence electrons. The van der Waals surface area contributed by atoms with E-state index >= 15 is 0 Å². The Hall–Kier alpha value is -4.01. The van der Waals surface area contributed by atoms with E-state index < -0.39 is 0 Å². The smallest absolute Gasteiger partial charge is 0.350 e. The van der Waals surface area contributed by atoms with Crippen molar-refractivity contribution in [2.45, 2.75) is 18.8 Å². The molecule has 1 saturated heterocycles. The lowest BCUT2D eigenvalue weighted by molar-refractivity contribution is -0.127. The van der Waals surface area contributed by atoms with Gasteiger partial charge in [0.15, 0.2) is 11.5 Å². The third kappa shape index (κ3) is 4.94. The summed E-state index contributed by atoms with van der Waals surface area (Å²) in [4.78, 5) is 27.4. The van der Waals surface area contributed by atoms with Crippen molar-refractivity contribution in [1.82, 2.24) is 19.2 Å². The van der Waals surface area contributed by atoms with E-state index in [2.05, 4.69) is 5.10 Å². The van der Waals surface area contributed by atoms with Crippen LogP contribution in [0, 0.1) is 0 Å². The van der Waals surface area contributed by atoms with Crippen molar-refractivity contribution in [1.29, 1.82) is 0 Å². The van der Waals surface area contributed by atoms with Crippen LogP contribution in [-0.2, 0) is 11.8 Å². The predicted molar refractivity (Wildman–Crippen MR) is 132 cm³/mol. The number of piperidine rings is 1. The minimum atomic E-state index is -0.169. The van der Waals surface area contributed by atoms with Gasteiger partial charge in [-0.1, -0.05) is 18.2 Å². The minimum Gasteiger partial charge on any atom is -0.493 e. The monoisotopic (exact) mass is 478 g/mol. The largest absolute Gasteiger partial charge is 0.493 e. The van der Waals surface area contributed by atoms with Gasteiger partial charge in [-0.15, -0.1) is 0 Å². The highest BCUT2D eigenvalue weighted by Gasteiger charge is 2.28. The van der Waals surface area contributed by atoms with E-state index in [0.717, 1.165) is 29.9 Å². The highest BCUT2D eigenvalue weighted by molar-refractivity contribution is 5.92. The Morgan fingerprint density at radius 3 is 2.20 bits per heavy atom. The number of benzene rings is 2. The summed E-state index contributed by atoms with van der Waals surface area (Å²) in [5, 5.41) is 4.52. The van der Waals surface area contributed by atoms with Crippen LogP contribution < -0.4 is 19.9 Å². The number of methoxy groups -OCH3 is 3. The van der Waals surface area contributed by atoms with Crippen LogP contribution in [0.15, 0.2) is 53.3 Å². The molecule has 0 bridgehead atoms. The van der Waals surface area contributed by atoms with Crippen LogP contribution in [0.2, 0.25) is 0 Å². The quantitative estimate of drug-likeness (QED) is 0.485. The molecule has 3 aromatic rings. The number of rotatable bonds is 7. The second kappa shape index (κ2) is 10.5. The topological polar surface area (TPSA) is 87.8 Å². The average Bonchev–Trinajstić information content (AvgIpc) is 3.20. The van der Waals surface area contributed by atoms with E-state index in [-0.39, 0.29) is 17.5 Å². The normalized spacial score (nSPS) is 14.3. The van der Waals surface area contributed by atoms with Gasteiger partial charge in [0.25, 0.3) is 0 Å². The van der Waals surface area contributed by atoms with Crippen LogP contribution in [0.1, 0.15) is 30.1 Å². The highest BCUT2D eigenvalue weighted by atomic mass is 16.5. The number of carbonyl (C=O) groups excluding carboxylic acids is 1. The molecule has 0 aliphatic carbocycles. The first kappa shape index (κ1) is 24.1. The van der Waals surface area contributed by atoms with E-state index in [0.29, 0.717) is 30.3 Å². The zero-order valence-electron chi connectivity index (χ0n) is 20.4. The number of carbonyl (C=O) groups is 1. The molecular weight excluding hydrogens is 448 g/mol. The summed E-state index contributed by atoms with van der Waals surface area (Å²) in [5.41, 5.74) is 1.40. The fourth-order valence-corrected chi connectivity index (χ4v) is 4.40. The minimum absolute atomic E-state index is 0.0707. The highest BCUT2D eigenvalue weighted by Crippen LogP contribution is 2.38. The molecule has 2 heterocycles. The molecule has 4 rings (SSSR count). The first-order valence-electron chi connectivity index (χ1n) is 11.4. The summed E-state index contributed by atoms with van der Waals surface area (Å²) in [6, 6.07) is 13.1. The van der Waals surface area contributed by atoms with Gasteiger partial charge in [0.2, 0.25) is 11.7 Å². The maximum Gasteiger partial charge on any atom is 0.350 e. The number of aryl methyl sites for hydroxylation is 1. The Balaban J connectivity index is 1.46. The summed E-state index contributed by atoms with van der Waals surface area (Å²) in [7, 11) is 6.32. The molecule has 35 heavy (non-hydrogen) atoms. The number of nitrogens with zero attached hydrogens (tertiary/aromatic N) is 4. The molecule has 0 unspecified atom stereocenters. The van der Waals surface area contributed by atoms with Crippen LogP contribution in [0.5, 0.6) is 17.2 Å². The number of likely N-dealkylation sites (tertiary alicyclic amines) is 1. The molecule has 0 saturated carbocycles. The van der Waals surface area contributed by atoms with Gasteiger partial charge in [0, 0.05) is 32.1 Å². The van der Waals surface area contributed by atoms with Gasteiger partial charge in [-0.3, -0.25) is 4.79 Å². The Morgan fingerprint density at radius 2 is 1.63 bits per heavy atom. The third-order valence-corrected chi connectivity index (χ3v) is 6.24. The molecule has 1 amide bonds. The number of aromatic nitrogens is 3. The molecule has 0 spiro atoms. The van der Waals surface area contributed by atoms with Crippen molar-refractivity contribution in [2.24, 2.45) is 7.05 Å². The number of hydrogen-bond acceptors (Lipinski definition) is 6. The zero-order valence-corrected chi connectivity index (χ0v) is 20.4. The third-order valence-electron chi connectivity index (χ3n) is 6.24. The van der Waals surface area contributed by atoms with E-state index in [4.69, 9.17) is 14.2 Å². The van der Waals surface area contributed by atoms with E-state index in [1.54, 1.807) is 57.2 Å². The van der Waals surface area contributed by atoms with Crippen molar-refractivity contribution >= 4 is 12.0 Å². The maximum absolute atomic E-state index is 12.9. The van der Waals surface area contributed by atoms with Crippen LogP contribution in [0.3, 0.4) is 0 Å². The van der Waals surface area contributed by atoms with E-state index in [1.165, 1.54) is 4.68 Å². The van der Waals surface area contributed by atoms with Gasteiger partial charge in [0.05, 0.1) is 27.0 Å². The second-order valence-corrected chi connectivity index (χ2v) is 8.33. The van der Waals surface area contributed by atoms with Gasteiger partial charge in [-0.2, -0.15) is 5.10 Å². The van der Waals surface area contributed by atoms with Crippen molar-refractivity contribution in [2.75, 3.05) is 34.4 Å². The lowest BCUT2D eigenvalue weighted by Crippen LogP contribution is -2.37. The molecule has 9 nitrogen and oxygen atoms in total. The molecular formula is C26H30N4O5. The van der Waals surface area contributed by atoms with Gasteiger partial charge >= 0.3 is 5.69 Å². The van der Waals surface area contributed by atoms with Crippen LogP contribution in [0.4, 0.5) is 0 Å². The summed E-state index contributed by atoms with van der Waals surface area (Å²) in [6.07, 6.45) is 4.76. The molecule has 0 N–H and O–H groups in total. The Labute approximate surface area is 204 Å². The molecule has 9 heteroatoms. The second-order valence-electron chi connectivity index (χ2n) is 8.33. The van der Waals surface area contributed by atoms with Crippen molar-refractivity contribution < 1.29 is 19.0 Å². The average molecular weight is 479 g/mol. The lowest BCUT2D eigenvalue weighted by Gasteiger charge is -2.31. The lowest BCUT2D eigenvalue weighted by atomic mass is 9.95. The molecule has 0 radical (unpaired) electrons. The number of para-hydroxylation sites is 1. The molecule has 2 aromatic carbocycles. The van der Waals surface area contributed by atoms with Crippen molar-refractivity contribution in [3.63, 3.8) is 0 Å². The maximum atomic E-state index is 12.9. The Bertz CT molecular complexity index is 1250. The van der Waals surface area contributed by atoms with Crippen molar-refractivity contribution in [3.8, 4) is 22.9 Å². The summed E-state index contributed by atoms with van der Waals surface area (Å²) >= 11 is 0. The molecule has 1 aliphatic heterocycles. The van der Waals surface area contributed by atoms with E-state index in [1.807, 2.05) is 35.2 Å². The molecule has 0 atom stereocenters. The van der Waals surface area contributed by atoms with Gasteiger partial charge in [-0.25, -0.2) is 14.0 Å². The van der Waals surface area contributed by atoms with Gasteiger partial charge < -0.3 is 19.1 Å². The zero-order chi connectivity index (χ0) is 24.9. The first-order chi connectivity index (χ1) is 17.0. The van der Waals surface area contributed by atoms with Crippen LogP contribution in [-0.4, -0.2) is 59.6 Å². The molecule has 1 aromatic heterocycles. The molecule has 1 aliphatic rings. The standard InChI is InChI=1S/C26H30N4O5/c1-28-26(32)30(20-8-6-5-7-9-20)25(27-28)19-12-14-29(15-13-19)23(31)11-10-18-16-21(33-2)24(35-4)22(17-18)34-3/h5-11,16-17,19H,12-15H2,1-4H3/b11-10+. The number of hydrogen-bond donors (Lipinski definition) is 0. The molecule has 1 fully saturated rings. The summed E-state index contributed by atoms with van der Waals surface area (Å²) < 4.78 is 19.2. The van der Waals surface area contributed by atoms with Gasteiger partial charge in [0.1, 0.15) is 5.82 Å². The fourth-order valence-electron chi connectivity index (χ4n) is 4.40. The first-order valence-corrected chi connectivity index (χ1v) is 11.4. The Kier molecular flexibility index (Phi) is 7.24. The number of ether oxygens (including phenoxy) is 3. The fraction of sp³-hybridized carbons (Fsp3) is 0.346. The number of amides is 1. The van der Waals surface area contributed by atoms with Crippen LogP contribution >= 0.6 is 0 Å². The van der Waals surface area contributed by atoms with Crippen LogP contribution in [0.25, 0.3) is 11.8 Å². The van der Waals surface area contributed by atoms with Gasteiger partial charge in [-0.05, 0) is 48.7 Å². The predicted octanol–water partition coefficient (Wildman–Crippen LogP) is 3.02. The SMILES string of the molecule is COc1cc(/C=C/C(=O)N2CCC(c3nn(C)c(=O)n3-c3ccccc3)CC2)cc(OC)c1OC. The Morgan fingerprint density at radius 1 is 1.00 bits per heavy atom. The van der Waals surface area contributed by atoms with E-state index in [9.17, 15) is 9.59 Å². The summed E-state index contributed by atoms with van der Waals surface area (Å²) in [5.74, 6) is 2.32. The van der Waals surface area contributed by atoms with Crippen molar-refractivity contribution in [3.05, 3.63) is 70.4 Å². The summed E-state index contributed by atoms with van der Waals surface area (Å²) in [6.45, 7) is 1.17.